The summed E-state index contributed by atoms with van der Waals surface area (Å²) in [5, 5.41) is -1.02. The summed E-state index contributed by atoms with van der Waals surface area (Å²) in [6.07, 6.45) is -2.83. The lowest BCUT2D eigenvalue weighted by Gasteiger charge is -2.02. The van der Waals surface area contributed by atoms with Crippen molar-refractivity contribution in [3.8, 4) is 0 Å². The molecule has 3 nitrogen and oxygen atoms in total. The van der Waals surface area contributed by atoms with Crippen LogP contribution in [-0.2, 0) is 9.05 Å². The molecule has 78 valence electrons. The molecule has 0 aliphatic rings. The van der Waals surface area contributed by atoms with Crippen molar-refractivity contribution in [2.45, 2.75) is 11.5 Å². The van der Waals surface area contributed by atoms with E-state index < -0.39 is 26.1 Å². The van der Waals surface area contributed by atoms with E-state index in [2.05, 4.69) is 4.98 Å². The van der Waals surface area contributed by atoms with Gasteiger partial charge in [0.15, 0.2) is 5.03 Å². The molecule has 1 rings (SSSR count). The number of halogens is 4. The third-order valence-electron chi connectivity index (χ3n) is 1.29. The molecule has 8 heteroatoms. The standard InChI is InChI=1S/C6H3Cl2F2NO2S/c7-4-1-3(6(9)10)2-5(11-4)14(8,12)13/h1-2,6H. The molecule has 0 aliphatic heterocycles. The molecular formula is C6H3Cl2F2NO2S. The average molecular weight is 262 g/mol. The summed E-state index contributed by atoms with van der Waals surface area (Å²) in [5.41, 5.74) is -0.538. The Hall–Kier alpha value is -0.460. The molecule has 1 heterocycles. The van der Waals surface area contributed by atoms with Gasteiger partial charge in [-0.3, -0.25) is 0 Å². The van der Waals surface area contributed by atoms with Crippen LogP contribution >= 0.6 is 22.3 Å². The van der Waals surface area contributed by atoms with E-state index in [-0.39, 0.29) is 5.15 Å². The molecule has 0 saturated carbocycles. The Bertz CT molecular complexity index is 449. The van der Waals surface area contributed by atoms with E-state index in [1.54, 1.807) is 0 Å². The number of hydrogen-bond donors (Lipinski definition) is 0. The van der Waals surface area contributed by atoms with Gasteiger partial charge < -0.3 is 0 Å². The third-order valence-corrected chi connectivity index (χ3v) is 2.67. The first kappa shape index (κ1) is 11.6. The maximum absolute atomic E-state index is 12.2. The predicted molar refractivity (Wildman–Crippen MR) is 47.2 cm³/mol. The number of pyridine rings is 1. The van der Waals surface area contributed by atoms with Crippen LogP contribution in [0.4, 0.5) is 8.78 Å². The summed E-state index contributed by atoms with van der Waals surface area (Å²) in [6, 6.07) is 1.55. The number of rotatable bonds is 2. The minimum Gasteiger partial charge on any atom is -0.223 e. The summed E-state index contributed by atoms with van der Waals surface area (Å²) in [5.74, 6) is 0. The van der Waals surface area contributed by atoms with Crippen molar-refractivity contribution in [3.63, 3.8) is 0 Å². The Morgan fingerprint density at radius 1 is 1.36 bits per heavy atom. The maximum atomic E-state index is 12.2. The van der Waals surface area contributed by atoms with Crippen molar-refractivity contribution < 1.29 is 17.2 Å². The second-order valence-electron chi connectivity index (χ2n) is 2.30. The number of aromatic nitrogens is 1. The van der Waals surface area contributed by atoms with E-state index >= 15 is 0 Å². The minimum atomic E-state index is -4.14. The fourth-order valence-corrected chi connectivity index (χ4v) is 1.73. The zero-order valence-corrected chi connectivity index (χ0v) is 8.74. The first-order valence-electron chi connectivity index (χ1n) is 3.21. The van der Waals surface area contributed by atoms with Crippen LogP contribution in [0.5, 0.6) is 0 Å². The quantitative estimate of drug-likeness (QED) is 0.608. The van der Waals surface area contributed by atoms with Gasteiger partial charge in [-0.25, -0.2) is 22.2 Å². The molecule has 0 fully saturated rings. The average Bonchev–Trinajstić information content (AvgIpc) is 2.01. The van der Waals surface area contributed by atoms with Crippen LogP contribution in [0.1, 0.15) is 12.0 Å². The van der Waals surface area contributed by atoms with Gasteiger partial charge in [0.25, 0.3) is 15.5 Å². The highest BCUT2D eigenvalue weighted by Gasteiger charge is 2.17. The van der Waals surface area contributed by atoms with Gasteiger partial charge in [0.1, 0.15) is 5.15 Å². The van der Waals surface area contributed by atoms with Crippen molar-refractivity contribution in [2.75, 3.05) is 0 Å². The normalized spacial score (nSPS) is 12.1. The van der Waals surface area contributed by atoms with Crippen molar-refractivity contribution in [2.24, 2.45) is 0 Å². The summed E-state index contributed by atoms with van der Waals surface area (Å²) >= 11 is 5.33. The monoisotopic (exact) mass is 261 g/mol. The van der Waals surface area contributed by atoms with Crippen molar-refractivity contribution in [3.05, 3.63) is 22.8 Å². The lowest BCUT2D eigenvalue weighted by Crippen LogP contribution is -1.97. The second-order valence-corrected chi connectivity index (χ2v) is 5.20. The Balaban J connectivity index is 3.35. The van der Waals surface area contributed by atoms with Crippen LogP contribution in [-0.4, -0.2) is 13.4 Å². The smallest absolute Gasteiger partial charge is 0.223 e. The third kappa shape index (κ3) is 2.76. The fourth-order valence-electron chi connectivity index (χ4n) is 0.742. The Kier molecular flexibility index (Phi) is 3.28. The van der Waals surface area contributed by atoms with Crippen LogP contribution in [0.15, 0.2) is 17.2 Å². The van der Waals surface area contributed by atoms with Gasteiger partial charge in [-0.1, -0.05) is 11.6 Å². The van der Waals surface area contributed by atoms with Gasteiger partial charge in [0.2, 0.25) is 0 Å². The van der Waals surface area contributed by atoms with E-state index in [9.17, 15) is 17.2 Å². The Labute approximate surface area is 88.1 Å². The summed E-state index contributed by atoms with van der Waals surface area (Å²) in [7, 11) is 0.775. The van der Waals surface area contributed by atoms with Crippen molar-refractivity contribution in [1.82, 2.24) is 4.98 Å². The largest absolute Gasteiger partial charge is 0.278 e. The van der Waals surface area contributed by atoms with Crippen LogP contribution in [0.3, 0.4) is 0 Å². The number of alkyl halides is 2. The molecule has 0 N–H and O–H groups in total. The van der Waals surface area contributed by atoms with Gasteiger partial charge in [-0.05, 0) is 12.1 Å². The van der Waals surface area contributed by atoms with Gasteiger partial charge in [-0.15, -0.1) is 0 Å². The van der Waals surface area contributed by atoms with Crippen LogP contribution in [0.25, 0.3) is 0 Å². The van der Waals surface area contributed by atoms with E-state index in [1.807, 2.05) is 0 Å². The molecule has 0 bridgehead atoms. The molecule has 14 heavy (non-hydrogen) atoms. The highest BCUT2D eigenvalue weighted by molar-refractivity contribution is 8.13. The molecule has 0 spiro atoms. The van der Waals surface area contributed by atoms with Crippen molar-refractivity contribution >= 4 is 31.3 Å². The van der Waals surface area contributed by atoms with Gasteiger partial charge >= 0.3 is 0 Å². The molecule has 0 radical (unpaired) electrons. The van der Waals surface area contributed by atoms with Gasteiger partial charge in [-0.2, -0.15) is 0 Å². The highest BCUT2D eigenvalue weighted by atomic mass is 35.7. The van der Waals surface area contributed by atoms with Gasteiger partial charge in [0.05, 0.1) is 0 Å². The Morgan fingerprint density at radius 2 is 1.93 bits per heavy atom. The maximum Gasteiger partial charge on any atom is 0.278 e. The molecule has 0 amide bonds. The van der Waals surface area contributed by atoms with Crippen LogP contribution in [0, 0.1) is 0 Å². The molecule has 1 aromatic rings. The number of nitrogens with zero attached hydrogens (tertiary/aromatic N) is 1. The van der Waals surface area contributed by atoms with E-state index in [4.69, 9.17) is 22.3 Å². The molecule has 0 unspecified atom stereocenters. The second kappa shape index (κ2) is 3.96. The minimum absolute atomic E-state index is 0.345. The highest BCUT2D eigenvalue weighted by Crippen LogP contribution is 2.25. The molecule has 1 aromatic heterocycles. The molecule has 0 aromatic carbocycles. The molecular weight excluding hydrogens is 259 g/mol. The Morgan fingerprint density at radius 3 is 2.36 bits per heavy atom. The van der Waals surface area contributed by atoms with E-state index in [1.165, 1.54) is 0 Å². The zero-order valence-electron chi connectivity index (χ0n) is 6.42. The summed E-state index contributed by atoms with van der Waals surface area (Å²) in [6.45, 7) is 0. The van der Waals surface area contributed by atoms with Crippen LogP contribution < -0.4 is 0 Å². The molecule has 0 atom stereocenters. The lowest BCUT2D eigenvalue weighted by atomic mass is 10.3. The number of hydrogen-bond acceptors (Lipinski definition) is 3. The molecule has 0 saturated heterocycles. The first-order chi connectivity index (χ1) is 6.30. The summed E-state index contributed by atoms with van der Waals surface area (Å²) < 4.78 is 45.9. The molecule has 0 aliphatic carbocycles. The summed E-state index contributed by atoms with van der Waals surface area (Å²) in [4.78, 5) is 3.30. The SMILES string of the molecule is O=S(=O)(Cl)c1cc(C(F)F)cc(Cl)n1. The first-order valence-corrected chi connectivity index (χ1v) is 5.90. The van der Waals surface area contributed by atoms with Crippen molar-refractivity contribution in [1.29, 1.82) is 0 Å². The van der Waals surface area contributed by atoms with E-state index in [0.717, 1.165) is 6.07 Å². The van der Waals surface area contributed by atoms with Crippen LogP contribution in [0.2, 0.25) is 5.15 Å². The van der Waals surface area contributed by atoms with Gasteiger partial charge in [0, 0.05) is 16.2 Å². The topological polar surface area (TPSA) is 47.0 Å². The zero-order chi connectivity index (χ0) is 10.9. The predicted octanol–water partition coefficient (Wildman–Crippen LogP) is 2.60. The fraction of sp³-hybridized carbons (Fsp3) is 0.167. The van der Waals surface area contributed by atoms with E-state index in [0.29, 0.717) is 6.07 Å². The lowest BCUT2D eigenvalue weighted by molar-refractivity contribution is 0.151.